The summed E-state index contributed by atoms with van der Waals surface area (Å²) in [7, 11) is -2.62. The quantitative estimate of drug-likeness (QED) is 0.337. The zero-order valence-electron chi connectivity index (χ0n) is 22.6. The van der Waals surface area contributed by atoms with Crippen molar-refractivity contribution in [3.05, 3.63) is 88.9 Å². The molecule has 39 heavy (non-hydrogen) atoms. The van der Waals surface area contributed by atoms with Gasteiger partial charge in [-0.2, -0.15) is 0 Å². The van der Waals surface area contributed by atoms with Crippen LogP contribution >= 0.6 is 11.6 Å². The van der Waals surface area contributed by atoms with E-state index in [0.29, 0.717) is 12.3 Å². The van der Waals surface area contributed by atoms with Crippen LogP contribution in [0.2, 0.25) is 5.02 Å². The van der Waals surface area contributed by atoms with E-state index in [-0.39, 0.29) is 28.1 Å². The average molecular weight is 572 g/mol. The molecule has 1 N–H and O–H groups in total. The molecule has 0 aliphatic rings. The molecule has 0 aliphatic heterocycles. The molecule has 8 nitrogen and oxygen atoms in total. The molecule has 0 saturated carbocycles. The van der Waals surface area contributed by atoms with Gasteiger partial charge in [0.05, 0.1) is 22.7 Å². The molecule has 0 aliphatic carbocycles. The summed E-state index contributed by atoms with van der Waals surface area (Å²) in [6.07, 6.45) is 0.736. The van der Waals surface area contributed by atoms with Crippen molar-refractivity contribution in [3.8, 4) is 5.75 Å². The molecule has 1 atom stereocenters. The number of sulfonamides is 1. The fourth-order valence-corrected chi connectivity index (χ4v) is 5.63. The van der Waals surface area contributed by atoms with Crippen LogP contribution in [0.4, 0.5) is 5.69 Å². The molecule has 1 unspecified atom stereocenters. The molecule has 3 rings (SSSR count). The van der Waals surface area contributed by atoms with Gasteiger partial charge < -0.3 is 15.0 Å². The summed E-state index contributed by atoms with van der Waals surface area (Å²) in [6, 6.07) is 19.1. The fourth-order valence-electron chi connectivity index (χ4n) is 3.91. The Bertz CT molecular complexity index is 1380. The van der Waals surface area contributed by atoms with Crippen molar-refractivity contribution >= 4 is 39.1 Å². The zero-order valence-corrected chi connectivity index (χ0v) is 24.1. The van der Waals surface area contributed by atoms with Crippen LogP contribution in [0.1, 0.15) is 31.4 Å². The first-order valence-electron chi connectivity index (χ1n) is 12.6. The molecular weight excluding hydrogens is 538 g/mol. The molecule has 0 saturated heterocycles. The number of halogens is 1. The third kappa shape index (κ3) is 7.52. The second-order valence-electron chi connectivity index (χ2n) is 9.11. The summed E-state index contributed by atoms with van der Waals surface area (Å²) in [6.45, 7) is 5.41. The number of methoxy groups -OCH3 is 1. The number of carbonyl (C=O) groups is 2. The van der Waals surface area contributed by atoms with Gasteiger partial charge in [-0.15, -0.1) is 0 Å². The summed E-state index contributed by atoms with van der Waals surface area (Å²) in [5.74, 6) is -0.232. The van der Waals surface area contributed by atoms with Crippen LogP contribution in [-0.2, 0) is 26.2 Å². The lowest BCUT2D eigenvalue weighted by Gasteiger charge is -2.32. The van der Waals surface area contributed by atoms with Gasteiger partial charge in [-0.3, -0.25) is 13.9 Å². The van der Waals surface area contributed by atoms with Gasteiger partial charge in [0.15, 0.2) is 0 Å². The summed E-state index contributed by atoms with van der Waals surface area (Å²) in [5.41, 5.74) is 1.82. The second kappa shape index (κ2) is 13.5. The van der Waals surface area contributed by atoms with Gasteiger partial charge in [0.2, 0.25) is 11.8 Å². The number of benzene rings is 3. The van der Waals surface area contributed by atoms with Gasteiger partial charge >= 0.3 is 0 Å². The number of anilines is 1. The molecule has 0 aromatic heterocycles. The third-order valence-corrected chi connectivity index (χ3v) is 8.33. The van der Waals surface area contributed by atoms with Gasteiger partial charge in [-0.25, -0.2) is 8.42 Å². The van der Waals surface area contributed by atoms with Crippen molar-refractivity contribution < 1.29 is 22.7 Å². The molecule has 208 valence electrons. The number of para-hydroxylation sites is 1. The number of ether oxygens (including phenoxy) is 1. The molecule has 3 aromatic carbocycles. The first kappa shape index (κ1) is 30.0. The Morgan fingerprint density at radius 1 is 1.00 bits per heavy atom. The minimum atomic E-state index is -4.18. The van der Waals surface area contributed by atoms with Crippen molar-refractivity contribution in [3.63, 3.8) is 0 Å². The highest BCUT2D eigenvalue weighted by Crippen LogP contribution is 2.31. The highest BCUT2D eigenvalue weighted by Gasteiger charge is 2.33. The Morgan fingerprint density at radius 3 is 2.23 bits per heavy atom. The van der Waals surface area contributed by atoms with E-state index in [4.69, 9.17) is 16.3 Å². The van der Waals surface area contributed by atoms with E-state index >= 15 is 0 Å². The van der Waals surface area contributed by atoms with E-state index in [2.05, 4.69) is 5.32 Å². The fraction of sp³-hybridized carbons (Fsp3) is 0.310. The largest absolute Gasteiger partial charge is 0.497 e. The Kier molecular flexibility index (Phi) is 10.4. The SMILES string of the molecule is CCCNC(=O)C(C)N(Cc1ccc(OC)cc1)C(=O)CN(c1ccccc1Cl)S(=O)(=O)c1ccc(C)cc1. The first-order valence-corrected chi connectivity index (χ1v) is 14.4. The minimum Gasteiger partial charge on any atom is -0.497 e. The summed E-state index contributed by atoms with van der Waals surface area (Å²) in [5, 5.41) is 3.00. The van der Waals surface area contributed by atoms with Crippen LogP contribution in [0, 0.1) is 6.92 Å². The van der Waals surface area contributed by atoms with Crippen molar-refractivity contribution in [1.29, 1.82) is 0 Å². The second-order valence-corrected chi connectivity index (χ2v) is 11.4. The zero-order chi connectivity index (χ0) is 28.6. The van der Waals surface area contributed by atoms with E-state index in [1.807, 2.05) is 13.8 Å². The van der Waals surface area contributed by atoms with E-state index in [1.165, 1.54) is 17.0 Å². The third-order valence-electron chi connectivity index (χ3n) is 6.24. The average Bonchev–Trinajstić information content (AvgIpc) is 2.93. The lowest BCUT2D eigenvalue weighted by Crippen LogP contribution is -2.51. The number of hydrogen-bond donors (Lipinski definition) is 1. The normalized spacial score (nSPS) is 11.9. The summed E-state index contributed by atoms with van der Waals surface area (Å²) in [4.78, 5) is 28.2. The smallest absolute Gasteiger partial charge is 0.264 e. The van der Waals surface area contributed by atoms with Crippen molar-refractivity contribution in [2.24, 2.45) is 0 Å². The van der Waals surface area contributed by atoms with Crippen LogP contribution < -0.4 is 14.4 Å². The molecule has 10 heteroatoms. The molecule has 0 heterocycles. The lowest BCUT2D eigenvalue weighted by atomic mass is 10.1. The van der Waals surface area contributed by atoms with Crippen molar-refractivity contribution in [2.75, 3.05) is 24.5 Å². The first-order chi connectivity index (χ1) is 18.6. The van der Waals surface area contributed by atoms with Gasteiger partial charge in [-0.1, -0.05) is 60.5 Å². The molecule has 0 radical (unpaired) electrons. The van der Waals surface area contributed by atoms with E-state index in [0.717, 1.165) is 21.9 Å². The maximum absolute atomic E-state index is 13.9. The molecule has 0 bridgehead atoms. The number of amides is 2. The summed E-state index contributed by atoms with van der Waals surface area (Å²) >= 11 is 6.42. The molecule has 0 fully saturated rings. The summed E-state index contributed by atoms with van der Waals surface area (Å²) < 4.78 is 33.9. The molecule has 0 spiro atoms. The van der Waals surface area contributed by atoms with Crippen molar-refractivity contribution in [2.45, 2.75) is 44.7 Å². The molecular formula is C29H34ClN3O5S. The van der Waals surface area contributed by atoms with Crippen LogP contribution in [-0.4, -0.2) is 51.4 Å². The highest BCUT2D eigenvalue weighted by molar-refractivity contribution is 7.92. The Labute approximate surface area is 235 Å². The van der Waals surface area contributed by atoms with E-state index < -0.39 is 28.5 Å². The van der Waals surface area contributed by atoms with Gasteiger partial charge in [0.25, 0.3) is 10.0 Å². The predicted molar refractivity (Wildman–Crippen MR) is 153 cm³/mol. The minimum absolute atomic E-state index is 0.0243. The number of aryl methyl sites for hydroxylation is 1. The number of carbonyl (C=O) groups excluding carboxylic acids is 2. The number of rotatable bonds is 12. The van der Waals surface area contributed by atoms with E-state index in [9.17, 15) is 18.0 Å². The standard InChI is InChI=1S/C29H34ClN3O5S/c1-5-18-31-29(35)22(3)32(19-23-12-14-24(38-4)15-13-23)28(34)20-33(27-9-7-6-8-26(27)30)39(36,37)25-16-10-21(2)11-17-25/h6-17,22H,5,18-20H2,1-4H3,(H,31,35). The Morgan fingerprint density at radius 2 is 1.64 bits per heavy atom. The van der Waals surface area contributed by atoms with Gasteiger partial charge in [-0.05, 0) is 62.2 Å². The maximum Gasteiger partial charge on any atom is 0.264 e. The Hall–Kier alpha value is -3.56. The van der Waals surface area contributed by atoms with E-state index in [1.54, 1.807) is 74.7 Å². The highest BCUT2D eigenvalue weighted by atomic mass is 35.5. The van der Waals surface area contributed by atoms with Crippen LogP contribution in [0.25, 0.3) is 0 Å². The topological polar surface area (TPSA) is 96.0 Å². The lowest BCUT2D eigenvalue weighted by molar-refractivity contribution is -0.139. The molecule has 2 amide bonds. The maximum atomic E-state index is 13.9. The molecule has 3 aromatic rings. The van der Waals surface area contributed by atoms with Gasteiger partial charge in [0, 0.05) is 13.1 Å². The number of nitrogens with one attached hydrogen (secondary N) is 1. The van der Waals surface area contributed by atoms with Crippen LogP contribution in [0.15, 0.2) is 77.7 Å². The number of nitrogens with zero attached hydrogens (tertiary/aromatic N) is 2. The predicted octanol–water partition coefficient (Wildman–Crippen LogP) is 4.80. The van der Waals surface area contributed by atoms with Gasteiger partial charge in [0.1, 0.15) is 18.3 Å². The van der Waals surface area contributed by atoms with Crippen molar-refractivity contribution in [1.82, 2.24) is 10.2 Å². The number of hydrogen-bond acceptors (Lipinski definition) is 5. The van der Waals surface area contributed by atoms with Crippen LogP contribution in [0.5, 0.6) is 5.75 Å². The Balaban J connectivity index is 2.02. The van der Waals surface area contributed by atoms with Crippen LogP contribution in [0.3, 0.4) is 0 Å². The monoisotopic (exact) mass is 571 g/mol.